The second-order valence-corrected chi connectivity index (χ2v) is 9.71. The third kappa shape index (κ3) is 5.07. The predicted molar refractivity (Wildman–Crippen MR) is 144 cm³/mol. The molecule has 40 heavy (non-hydrogen) atoms. The van der Waals surface area contributed by atoms with E-state index in [-0.39, 0.29) is 17.6 Å². The third-order valence-corrected chi connectivity index (χ3v) is 6.83. The fourth-order valence-corrected chi connectivity index (χ4v) is 4.46. The molecule has 7 nitrogen and oxygen atoms in total. The number of imidazole rings is 1. The molecule has 0 aliphatic heterocycles. The molecule has 11 heteroatoms. The van der Waals surface area contributed by atoms with Gasteiger partial charge in [-0.15, -0.1) is 0 Å². The summed E-state index contributed by atoms with van der Waals surface area (Å²) in [5, 5.41) is 6.74. The van der Waals surface area contributed by atoms with E-state index in [0.717, 1.165) is 11.6 Å². The van der Waals surface area contributed by atoms with Gasteiger partial charge in [0.15, 0.2) is 0 Å². The van der Waals surface area contributed by atoms with E-state index in [0.29, 0.717) is 23.0 Å². The van der Waals surface area contributed by atoms with Crippen LogP contribution in [0.1, 0.15) is 34.5 Å². The van der Waals surface area contributed by atoms with Gasteiger partial charge < -0.3 is 10.2 Å². The van der Waals surface area contributed by atoms with Gasteiger partial charge in [-0.1, -0.05) is 30.3 Å². The molecule has 1 N–H and O–H groups in total. The summed E-state index contributed by atoms with van der Waals surface area (Å²) in [4.78, 5) is 20.3. The van der Waals surface area contributed by atoms with Crippen molar-refractivity contribution in [1.29, 1.82) is 0 Å². The van der Waals surface area contributed by atoms with Crippen LogP contribution in [-0.4, -0.2) is 44.1 Å². The van der Waals surface area contributed by atoms with E-state index in [4.69, 9.17) is 4.98 Å². The van der Waals surface area contributed by atoms with Gasteiger partial charge in [0.05, 0.1) is 16.8 Å². The Morgan fingerprint density at radius 3 is 2.38 bits per heavy atom. The first kappa shape index (κ1) is 27.1. The summed E-state index contributed by atoms with van der Waals surface area (Å²) >= 11 is 0. The molecule has 0 bridgehead atoms. The molecule has 2 aromatic carbocycles. The molecule has 1 amide bonds. The van der Waals surface area contributed by atoms with Crippen molar-refractivity contribution in [1.82, 2.24) is 24.1 Å². The van der Waals surface area contributed by atoms with Crippen LogP contribution in [0.25, 0.3) is 28.2 Å². The van der Waals surface area contributed by atoms with Gasteiger partial charge in [-0.25, -0.2) is 9.37 Å². The number of aryl methyl sites for hydroxylation is 1. The molecule has 0 aliphatic rings. The number of carbonyl (C=O) groups is 1. The molecule has 0 spiro atoms. The van der Waals surface area contributed by atoms with Gasteiger partial charge in [0, 0.05) is 36.6 Å². The van der Waals surface area contributed by atoms with Crippen molar-refractivity contribution < 1.29 is 22.4 Å². The number of hydrogen-bond acceptors (Lipinski definition) is 4. The lowest BCUT2D eigenvalue weighted by atomic mass is 9.99. The Labute approximate surface area is 227 Å². The van der Waals surface area contributed by atoms with Crippen molar-refractivity contribution in [2.45, 2.75) is 19.1 Å². The first-order chi connectivity index (χ1) is 18.9. The number of amides is 1. The normalized spacial score (nSPS) is 12.7. The topological polar surface area (TPSA) is 67.5 Å². The average molecular weight is 551 g/mol. The van der Waals surface area contributed by atoms with E-state index < -0.39 is 34.6 Å². The highest BCUT2D eigenvalue weighted by atomic mass is 19.4. The third-order valence-electron chi connectivity index (χ3n) is 6.83. The van der Waals surface area contributed by atoms with Crippen LogP contribution < -0.4 is 5.32 Å². The monoisotopic (exact) mass is 550 g/mol. The van der Waals surface area contributed by atoms with Crippen molar-refractivity contribution in [2.75, 3.05) is 19.4 Å². The quantitative estimate of drug-likeness (QED) is 0.247. The van der Waals surface area contributed by atoms with Gasteiger partial charge in [0.2, 0.25) is 0 Å². The van der Waals surface area contributed by atoms with Crippen LogP contribution in [0.5, 0.6) is 0 Å². The molecule has 0 aliphatic carbocycles. The molecule has 3 aromatic heterocycles. The summed E-state index contributed by atoms with van der Waals surface area (Å²) < 4.78 is 59.5. The van der Waals surface area contributed by atoms with Crippen LogP contribution in [0.2, 0.25) is 0 Å². The summed E-state index contributed by atoms with van der Waals surface area (Å²) in [5.74, 6) is -1.97. The molecule has 5 aromatic rings. The van der Waals surface area contributed by atoms with Gasteiger partial charge in [-0.2, -0.15) is 18.3 Å². The molecular weight excluding hydrogens is 524 g/mol. The number of fused-ring (bicyclic) bond motifs is 1. The molecule has 0 unspecified atom stereocenters. The van der Waals surface area contributed by atoms with Crippen LogP contribution in [0, 0.1) is 5.82 Å². The number of hydrogen-bond donors (Lipinski definition) is 1. The summed E-state index contributed by atoms with van der Waals surface area (Å²) in [6.45, 7) is 2.04. The zero-order valence-corrected chi connectivity index (χ0v) is 22.2. The van der Waals surface area contributed by atoms with Gasteiger partial charge in [0.1, 0.15) is 23.0 Å². The van der Waals surface area contributed by atoms with E-state index in [9.17, 15) is 18.0 Å². The van der Waals surface area contributed by atoms with Crippen LogP contribution in [0.4, 0.5) is 23.4 Å². The number of anilines is 1. The zero-order chi connectivity index (χ0) is 28.8. The van der Waals surface area contributed by atoms with E-state index in [1.807, 2.05) is 68.4 Å². The summed E-state index contributed by atoms with van der Waals surface area (Å²) in [6.07, 6.45) is -1.64. The van der Waals surface area contributed by atoms with Gasteiger partial charge in [-0.05, 0) is 56.9 Å². The maximum atomic E-state index is 15.1. The number of pyridine rings is 1. The standard InChI is InChI=1S/C29H26F4N6O/c1-17(37(2)3)19-10-13-39-25(14-19)34-26(18-8-6-5-7-9-18)27(39)35-28(40)21-15-20(24-11-12-38(4)36-24)22(16-23(21)30)29(31,32)33/h5-17H,1-4H3,(H,35,40)/t17-/m0/s1. The Kier molecular flexibility index (Phi) is 6.92. The number of rotatable bonds is 6. The number of aromatic nitrogens is 4. The molecule has 206 valence electrons. The number of carbonyl (C=O) groups excluding carboxylic acids is 1. The minimum absolute atomic E-state index is 0.0359. The number of nitrogens with zero attached hydrogens (tertiary/aromatic N) is 5. The number of halogens is 4. The molecule has 3 heterocycles. The van der Waals surface area contributed by atoms with Crippen molar-refractivity contribution in [3.8, 4) is 22.5 Å². The van der Waals surface area contributed by atoms with Crippen LogP contribution >= 0.6 is 0 Å². The van der Waals surface area contributed by atoms with Crippen molar-refractivity contribution in [2.24, 2.45) is 7.05 Å². The first-order valence-corrected chi connectivity index (χ1v) is 12.4. The second kappa shape index (κ2) is 10.2. The van der Waals surface area contributed by atoms with Crippen LogP contribution in [0.3, 0.4) is 0 Å². The fraction of sp³-hybridized carbons (Fsp3) is 0.207. The van der Waals surface area contributed by atoms with E-state index in [1.54, 1.807) is 17.6 Å². The smallest absolute Gasteiger partial charge is 0.306 e. The zero-order valence-electron chi connectivity index (χ0n) is 22.2. The number of benzene rings is 2. The molecule has 0 saturated heterocycles. The van der Waals surface area contributed by atoms with Gasteiger partial charge in [0.25, 0.3) is 5.91 Å². The van der Waals surface area contributed by atoms with E-state index in [1.165, 1.54) is 16.9 Å². The Balaban J connectivity index is 1.62. The fourth-order valence-electron chi connectivity index (χ4n) is 4.46. The summed E-state index contributed by atoms with van der Waals surface area (Å²) in [5.41, 5.74) is 0.459. The number of alkyl halides is 3. The van der Waals surface area contributed by atoms with Crippen molar-refractivity contribution >= 4 is 17.4 Å². The molecule has 5 rings (SSSR count). The van der Waals surface area contributed by atoms with Crippen molar-refractivity contribution in [3.63, 3.8) is 0 Å². The lowest BCUT2D eigenvalue weighted by Gasteiger charge is -2.20. The van der Waals surface area contributed by atoms with Gasteiger partial charge in [-0.3, -0.25) is 13.9 Å². The lowest BCUT2D eigenvalue weighted by Crippen LogP contribution is -2.18. The predicted octanol–water partition coefficient (Wildman–Crippen LogP) is 6.43. The Morgan fingerprint density at radius 1 is 1.02 bits per heavy atom. The largest absolute Gasteiger partial charge is 0.417 e. The number of nitrogens with one attached hydrogen (secondary N) is 1. The van der Waals surface area contributed by atoms with E-state index >= 15 is 4.39 Å². The summed E-state index contributed by atoms with van der Waals surface area (Å²) in [7, 11) is 5.47. The maximum Gasteiger partial charge on any atom is 0.417 e. The average Bonchev–Trinajstić information content (AvgIpc) is 3.51. The highest BCUT2D eigenvalue weighted by Gasteiger charge is 2.36. The summed E-state index contributed by atoms with van der Waals surface area (Å²) in [6, 6.07) is 15.6. The lowest BCUT2D eigenvalue weighted by molar-refractivity contribution is -0.137. The minimum atomic E-state index is -4.85. The Bertz CT molecular complexity index is 1710. The molecule has 1 atom stereocenters. The Morgan fingerprint density at radius 2 is 1.75 bits per heavy atom. The molecule has 0 saturated carbocycles. The van der Waals surface area contributed by atoms with E-state index in [2.05, 4.69) is 10.4 Å². The second-order valence-electron chi connectivity index (χ2n) is 9.71. The first-order valence-electron chi connectivity index (χ1n) is 12.4. The van der Waals surface area contributed by atoms with Crippen LogP contribution in [-0.2, 0) is 13.2 Å². The highest BCUT2D eigenvalue weighted by molar-refractivity contribution is 6.06. The van der Waals surface area contributed by atoms with Crippen molar-refractivity contribution in [3.05, 3.63) is 95.6 Å². The molecule has 0 fully saturated rings. The Hall–Kier alpha value is -4.51. The van der Waals surface area contributed by atoms with Crippen LogP contribution in [0.15, 0.2) is 73.1 Å². The maximum absolute atomic E-state index is 15.1. The molecule has 0 radical (unpaired) electrons. The highest BCUT2D eigenvalue weighted by Crippen LogP contribution is 2.38. The molecular formula is C29H26F4N6O. The van der Waals surface area contributed by atoms with Gasteiger partial charge >= 0.3 is 6.18 Å². The minimum Gasteiger partial charge on any atom is -0.306 e. The SMILES string of the molecule is C[C@@H](c1ccn2c(NC(=O)c3cc(-c4ccn(C)n4)c(C(F)(F)F)cc3F)c(-c3ccccc3)nc2c1)N(C)C.